The van der Waals surface area contributed by atoms with Crippen molar-refractivity contribution < 1.29 is 29.1 Å². The van der Waals surface area contributed by atoms with E-state index in [1.54, 1.807) is 6.20 Å². The molecule has 1 saturated carbocycles. The first-order chi connectivity index (χ1) is 24.0. The van der Waals surface area contributed by atoms with E-state index in [1.165, 1.54) is 17.6 Å². The number of hydrogen-bond donors (Lipinski definition) is 6. The SMILES string of the molecule is CCCCCC(=O)N(OC(=O)N1CCC(N)CC1)C(Cc1c[nH]cn1)C(=O)N[C@@H](CC1CCCCC1)[C@@H](O)C[C@H](CNC(=O)NCC)C(C)C. The number of hydrogen-bond acceptors (Lipinski definition) is 8. The Kier molecular flexibility index (Phi) is 17.8. The summed E-state index contributed by atoms with van der Waals surface area (Å²) < 4.78 is 0. The topological polar surface area (TPSA) is 195 Å². The smallest absolute Gasteiger partial charge is 0.391 e. The Bertz CT molecular complexity index is 1150. The second-order valence-corrected chi connectivity index (χ2v) is 14.5. The number of amides is 5. The van der Waals surface area contributed by atoms with Gasteiger partial charge >= 0.3 is 12.1 Å². The van der Waals surface area contributed by atoms with Crippen molar-refractivity contribution in [1.29, 1.82) is 0 Å². The van der Waals surface area contributed by atoms with E-state index in [0.717, 1.165) is 43.6 Å². The van der Waals surface area contributed by atoms with E-state index in [2.05, 4.69) is 39.8 Å². The van der Waals surface area contributed by atoms with Crippen LogP contribution >= 0.6 is 0 Å². The second kappa shape index (κ2) is 21.7. The predicted octanol–water partition coefficient (Wildman–Crippen LogP) is 4.00. The monoisotopic (exact) mass is 704 g/mol. The lowest BCUT2D eigenvalue weighted by Crippen LogP contribution is -2.57. The molecule has 2 fully saturated rings. The van der Waals surface area contributed by atoms with Crippen LogP contribution in [0, 0.1) is 17.8 Å². The summed E-state index contributed by atoms with van der Waals surface area (Å²) in [5, 5.41) is 21.5. The highest BCUT2D eigenvalue weighted by molar-refractivity contribution is 5.88. The lowest BCUT2D eigenvalue weighted by Gasteiger charge is -2.36. The van der Waals surface area contributed by atoms with Gasteiger partial charge in [-0.2, -0.15) is 5.06 Å². The minimum atomic E-state index is -1.22. The number of aromatic amines is 1. The molecule has 2 aliphatic rings. The quantitative estimate of drug-likeness (QED) is 0.0975. The summed E-state index contributed by atoms with van der Waals surface area (Å²) in [4.78, 5) is 68.5. The van der Waals surface area contributed by atoms with Crippen molar-refractivity contribution in [1.82, 2.24) is 35.9 Å². The number of aliphatic hydroxyl groups excluding tert-OH is 1. The fourth-order valence-corrected chi connectivity index (χ4v) is 6.92. The van der Waals surface area contributed by atoms with Crippen LogP contribution in [0.4, 0.5) is 9.59 Å². The number of nitrogens with two attached hydrogens (primary N) is 1. The Hall–Kier alpha value is -3.39. The number of unbranched alkanes of at least 4 members (excludes halogenated alkanes) is 2. The van der Waals surface area contributed by atoms with Crippen LogP contribution in [-0.2, 0) is 20.8 Å². The van der Waals surface area contributed by atoms with Crippen molar-refractivity contribution in [2.75, 3.05) is 26.2 Å². The molecule has 1 unspecified atom stereocenters. The van der Waals surface area contributed by atoms with Crippen LogP contribution in [0.1, 0.15) is 117 Å². The van der Waals surface area contributed by atoms with E-state index in [4.69, 9.17) is 10.6 Å². The van der Waals surface area contributed by atoms with Gasteiger partial charge in [0.25, 0.3) is 5.91 Å². The van der Waals surface area contributed by atoms with Gasteiger partial charge in [-0.05, 0) is 56.8 Å². The number of aliphatic hydroxyl groups is 1. The Balaban J connectivity index is 1.89. The van der Waals surface area contributed by atoms with Crippen molar-refractivity contribution in [3.8, 4) is 0 Å². The number of nitrogens with zero attached hydrogens (tertiary/aromatic N) is 3. The van der Waals surface area contributed by atoms with Gasteiger partial charge < -0.3 is 41.5 Å². The lowest BCUT2D eigenvalue weighted by molar-refractivity contribution is -0.184. The van der Waals surface area contributed by atoms with Crippen LogP contribution in [0.25, 0.3) is 0 Å². The summed E-state index contributed by atoms with van der Waals surface area (Å²) in [6, 6.07) is -2.10. The van der Waals surface area contributed by atoms with E-state index in [9.17, 15) is 24.3 Å². The third-order valence-corrected chi connectivity index (χ3v) is 10.2. The summed E-state index contributed by atoms with van der Waals surface area (Å²) >= 11 is 0. The Labute approximate surface area is 298 Å². The fraction of sp³-hybridized carbons (Fsp3) is 0.806. The molecule has 2 heterocycles. The number of urea groups is 1. The van der Waals surface area contributed by atoms with Crippen LogP contribution in [-0.4, -0.2) is 99.4 Å². The molecule has 4 atom stereocenters. The van der Waals surface area contributed by atoms with Gasteiger partial charge in [0.15, 0.2) is 6.04 Å². The minimum Gasteiger partial charge on any atom is -0.391 e. The van der Waals surface area contributed by atoms with E-state index in [-0.39, 0.29) is 36.8 Å². The number of carbonyl (C=O) groups excluding carboxylic acids is 4. The van der Waals surface area contributed by atoms with Gasteiger partial charge in [-0.3, -0.25) is 9.59 Å². The number of rotatable bonds is 18. The summed E-state index contributed by atoms with van der Waals surface area (Å²) in [7, 11) is 0. The van der Waals surface area contributed by atoms with Crippen molar-refractivity contribution in [2.45, 2.75) is 142 Å². The van der Waals surface area contributed by atoms with Gasteiger partial charge in [0.1, 0.15) is 0 Å². The highest BCUT2D eigenvalue weighted by Gasteiger charge is 2.38. The number of nitrogens with one attached hydrogen (secondary N) is 4. The largest absolute Gasteiger partial charge is 0.434 e. The van der Waals surface area contributed by atoms with Gasteiger partial charge in [0.05, 0.1) is 24.2 Å². The highest BCUT2D eigenvalue weighted by atomic mass is 16.7. The van der Waals surface area contributed by atoms with E-state index in [0.29, 0.717) is 69.9 Å². The molecule has 0 bridgehead atoms. The van der Waals surface area contributed by atoms with Crippen molar-refractivity contribution in [2.24, 2.45) is 23.5 Å². The average Bonchev–Trinajstić information content (AvgIpc) is 3.62. The number of carbonyl (C=O) groups is 4. The normalized spacial score (nSPS) is 18.2. The number of likely N-dealkylation sites (tertiary alicyclic amines) is 1. The Morgan fingerprint density at radius 3 is 2.42 bits per heavy atom. The van der Waals surface area contributed by atoms with Crippen LogP contribution < -0.4 is 21.7 Å². The summed E-state index contributed by atoms with van der Waals surface area (Å²) in [5.74, 6) is -0.545. The number of piperidine rings is 1. The Morgan fingerprint density at radius 1 is 1.08 bits per heavy atom. The fourth-order valence-electron chi connectivity index (χ4n) is 6.92. The molecule has 3 rings (SSSR count). The number of aromatic nitrogens is 2. The highest BCUT2D eigenvalue weighted by Crippen LogP contribution is 2.30. The summed E-state index contributed by atoms with van der Waals surface area (Å²) in [6.07, 6.45) is 11.5. The molecule has 284 valence electrons. The second-order valence-electron chi connectivity index (χ2n) is 14.5. The average molecular weight is 705 g/mol. The van der Waals surface area contributed by atoms with Gasteiger partial charge in [0, 0.05) is 51.3 Å². The maximum Gasteiger partial charge on any atom is 0.434 e. The zero-order chi connectivity index (χ0) is 36.5. The molecule has 14 nitrogen and oxygen atoms in total. The number of H-pyrrole nitrogens is 1. The number of hydroxylamine groups is 2. The zero-order valence-electron chi connectivity index (χ0n) is 30.8. The van der Waals surface area contributed by atoms with Gasteiger partial charge in [0.2, 0.25) is 5.91 Å². The third-order valence-electron chi connectivity index (χ3n) is 10.2. The first-order valence-electron chi connectivity index (χ1n) is 19.0. The van der Waals surface area contributed by atoms with Gasteiger partial charge in [-0.25, -0.2) is 14.6 Å². The van der Waals surface area contributed by atoms with E-state index < -0.39 is 36.1 Å². The molecule has 0 spiro atoms. The molecule has 7 N–H and O–H groups in total. The molecule has 1 saturated heterocycles. The summed E-state index contributed by atoms with van der Waals surface area (Å²) in [6.45, 7) is 9.68. The van der Waals surface area contributed by atoms with Crippen LogP contribution in [0.2, 0.25) is 0 Å². The first kappa shape index (κ1) is 41.0. The van der Waals surface area contributed by atoms with Crippen LogP contribution in [0.3, 0.4) is 0 Å². The predicted molar refractivity (Wildman–Crippen MR) is 191 cm³/mol. The minimum absolute atomic E-state index is 0.00360. The van der Waals surface area contributed by atoms with Crippen molar-refractivity contribution >= 4 is 23.9 Å². The molecule has 1 aliphatic heterocycles. The van der Waals surface area contributed by atoms with Crippen LogP contribution in [0.5, 0.6) is 0 Å². The lowest BCUT2D eigenvalue weighted by atomic mass is 9.81. The zero-order valence-corrected chi connectivity index (χ0v) is 30.8. The van der Waals surface area contributed by atoms with Crippen LogP contribution in [0.15, 0.2) is 12.5 Å². The standard InChI is InChI=1S/C36H64N8O6/c1-5-7-9-14-33(46)44(50-36(49)43-17-15-28(37)16-18-43)31(21-29-23-38-24-41-29)34(47)42-30(19-26-12-10-8-11-13-26)32(45)20-27(25(3)4)22-40-35(48)39-6-2/h23-28,30-32,45H,5-22,37H2,1-4H3,(H,38,41)(H,42,47)(H2,39,40,48)/t27-,30+,31?,32+/m1/s1. The maximum atomic E-state index is 14.5. The van der Waals surface area contributed by atoms with E-state index >= 15 is 0 Å². The molecule has 0 aromatic carbocycles. The molecule has 50 heavy (non-hydrogen) atoms. The van der Waals surface area contributed by atoms with Crippen molar-refractivity contribution in [3.05, 3.63) is 18.2 Å². The maximum absolute atomic E-state index is 14.5. The molecule has 1 aromatic rings. The molecular weight excluding hydrogens is 640 g/mol. The van der Waals surface area contributed by atoms with Gasteiger partial charge in [-0.1, -0.05) is 65.7 Å². The van der Waals surface area contributed by atoms with Crippen molar-refractivity contribution in [3.63, 3.8) is 0 Å². The van der Waals surface area contributed by atoms with Gasteiger partial charge in [-0.15, -0.1) is 0 Å². The molecule has 14 heteroatoms. The Morgan fingerprint density at radius 2 is 1.80 bits per heavy atom. The molecule has 5 amide bonds. The molecule has 1 aliphatic carbocycles. The van der Waals surface area contributed by atoms with E-state index in [1.807, 2.05) is 13.8 Å². The molecular formula is C36H64N8O6. The molecule has 0 radical (unpaired) electrons. The number of imidazole rings is 1. The molecule has 1 aromatic heterocycles. The summed E-state index contributed by atoms with van der Waals surface area (Å²) in [5.41, 5.74) is 6.58. The first-order valence-corrected chi connectivity index (χ1v) is 19.0. The third kappa shape index (κ3) is 13.7.